The largest absolute Gasteiger partial charge is 0.462 e. The molecule has 10 atom stereocenters. The van der Waals surface area contributed by atoms with Gasteiger partial charge in [-0.3, -0.25) is 24.0 Å². The van der Waals surface area contributed by atoms with Gasteiger partial charge in [0, 0.05) is 41.7 Å². The second-order valence-corrected chi connectivity index (χ2v) is 12.3. The molecule has 0 saturated carbocycles. The molecule has 2 heterocycles. The summed E-state index contributed by atoms with van der Waals surface area (Å²) in [6, 6.07) is 18.9. The fourth-order valence-corrected chi connectivity index (χ4v) is 5.96. The maximum atomic E-state index is 12.6. The predicted molar refractivity (Wildman–Crippen MR) is 179 cm³/mol. The third-order valence-corrected chi connectivity index (χ3v) is 8.07. The molecule has 2 fully saturated rings. The van der Waals surface area contributed by atoms with E-state index in [4.69, 9.17) is 52.1 Å². The summed E-state index contributed by atoms with van der Waals surface area (Å²) in [7, 11) is 1.47. The van der Waals surface area contributed by atoms with Crippen LogP contribution in [0.15, 0.2) is 60.7 Å². The van der Waals surface area contributed by atoms with E-state index in [0.29, 0.717) is 0 Å². The molecule has 0 aliphatic carbocycles. The number of esters is 5. The zero-order valence-electron chi connectivity index (χ0n) is 30.4. The quantitative estimate of drug-likeness (QED) is 0.170. The molecule has 0 spiro atoms. The predicted octanol–water partition coefficient (Wildman–Crippen LogP) is 2.56. The topological polar surface area (TPSA) is 187 Å². The number of carbonyl (C=O) groups is 5. The highest BCUT2D eigenvalue weighted by Crippen LogP contribution is 2.36. The highest BCUT2D eigenvalue weighted by atomic mass is 16.8. The average Bonchev–Trinajstić information content (AvgIpc) is 3.12. The molecule has 2 aromatic carbocycles. The lowest BCUT2D eigenvalue weighted by Gasteiger charge is -2.50. The number of fused-ring (bicyclic) bond motifs is 1. The van der Waals surface area contributed by atoms with E-state index < -0.39 is 97.9 Å². The fourth-order valence-electron chi connectivity index (χ4n) is 5.96. The number of hydrogen-bond donors (Lipinski definition) is 0. The van der Waals surface area contributed by atoms with Crippen molar-refractivity contribution in [3.63, 3.8) is 0 Å². The van der Waals surface area contributed by atoms with E-state index >= 15 is 0 Å². The van der Waals surface area contributed by atoms with Crippen LogP contribution < -0.4 is 0 Å². The number of methoxy groups -OCH3 is 1. The molecule has 0 aromatic heterocycles. The van der Waals surface area contributed by atoms with Crippen LogP contribution in [0.2, 0.25) is 0 Å². The van der Waals surface area contributed by atoms with Crippen LogP contribution in [-0.4, -0.2) is 112 Å². The summed E-state index contributed by atoms with van der Waals surface area (Å²) in [6.07, 6.45) is -12.5. The molecule has 2 aliphatic rings. The first-order chi connectivity index (χ1) is 25.4. The first-order valence-electron chi connectivity index (χ1n) is 16.9. The molecule has 0 bridgehead atoms. The monoisotopic (exact) mass is 746 g/mol. The Hall–Kier alpha value is -4.45. The van der Waals surface area contributed by atoms with Gasteiger partial charge in [-0.1, -0.05) is 60.7 Å². The lowest BCUT2D eigenvalue weighted by Crippen LogP contribution is -2.67. The van der Waals surface area contributed by atoms with Gasteiger partial charge >= 0.3 is 29.8 Å². The Labute approximate surface area is 307 Å². The van der Waals surface area contributed by atoms with Gasteiger partial charge in [-0.2, -0.15) is 0 Å². The second-order valence-electron chi connectivity index (χ2n) is 12.3. The minimum atomic E-state index is -1.73. The van der Waals surface area contributed by atoms with Gasteiger partial charge in [0.05, 0.1) is 19.8 Å². The molecular weight excluding hydrogens is 700 g/mol. The van der Waals surface area contributed by atoms with E-state index in [9.17, 15) is 24.0 Å². The van der Waals surface area contributed by atoms with Crippen LogP contribution in [0, 0.1) is 0 Å². The van der Waals surface area contributed by atoms with Crippen LogP contribution in [0.4, 0.5) is 0 Å². The van der Waals surface area contributed by atoms with Crippen molar-refractivity contribution in [3.8, 4) is 0 Å². The van der Waals surface area contributed by atoms with Crippen molar-refractivity contribution in [2.75, 3.05) is 20.3 Å². The van der Waals surface area contributed by atoms with E-state index in [2.05, 4.69) is 0 Å². The summed E-state index contributed by atoms with van der Waals surface area (Å²) >= 11 is 0. The molecule has 2 aliphatic heterocycles. The van der Waals surface area contributed by atoms with Gasteiger partial charge < -0.3 is 52.1 Å². The second kappa shape index (κ2) is 20.1. The van der Waals surface area contributed by atoms with Gasteiger partial charge in [-0.25, -0.2) is 0 Å². The summed E-state index contributed by atoms with van der Waals surface area (Å²) in [5.41, 5.74) is 1.74. The zero-order chi connectivity index (χ0) is 38.5. The third-order valence-electron chi connectivity index (χ3n) is 8.07. The van der Waals surface area contributed by atoms with Gasteiger partial charge in [0.2, 0.25) is 0 Å². The van der Waals surface area contributed by atoms with Crippen molar-refractivity contribution in [1.82, 2.24) is 0 Å². The molecule has 0 unspecified atom stereocenters. The maximum absolute atomic E-state index is 12.6. The maximum Gasteiger partial charge on any atom is 0.303 e. The molecule has 16 heteroatoms. The average molecular weight is 747 g/mol. The third kappa shape index (κ3) is 12.3. The summed E-state index contributed by atoms with van der Waals surface area (Å²) in [5, 5.41) is 0. The van der Waals surface area contributed by atoms with Gasteiger partial charge in [0.25, 0.3) is 0 Å². The number of benzene rings is 2. The smallest absolute Gasteiger partial charge is 0.303 e. The van der Waals surface area contributed by atoms with Crippen LogP contribution in [-0.2, 0) is 89.3 Å². The standard InChI is InChI=1S/C37H46O16/c1-21(38)44-19-28(48-22(2)39)31(49-23(3)40)33(50-24(4)41)35(51-25(5)42)37-47-20-29-30(53-37)32(45-17-26-13-9-7-10-14-26)34(36(43-6)52-29)46-18-27-15-11-8-12-16-27/h7-16,28-37H,17-20H2,1-6H3/t28-,29-,30-,31+,32+,33+,34-,35-,36+,37-/m1/s1. The van der Waals surface area contributed by atoms with Crippen LogP contribution in [0.5, 0.6) is 0 Å². The molecule has 290 valence electrons. The number of hydrogen-bond acceptors (Lipinski definition) is 16. The SMILES string of the molecule is CO[C@H]1O[C@@H]2CO[C@@H]([C@H](OC(C)=O)[C@@H](OC(C)=O)[C@@H](OC(C)=O)[C@@H](COC(C)=O)OC(C)=O)O[C@H]2[C@H](OCc2ccccc2)[C@H]1OCc1ccccc1. The molecule has 16 nitrogen and oxygen atoms in total. The molecular formula is C37H46O16. The molecule has 2 saturated heterocycles. The van der Waals surface area contributed by atoms with Crippen LogP contribution in [0.25, 0.3) is 0 Å². The number of carbonyl (C=O) groups excluding carboxylic acids is 5. The first-order valence-corrected chi connectivity index (χ1v) is 16.9. The molecule has 0 radical (unpaired) electrons. The minimum absolute atomic E-state index is 0.142. The van der Waals surface area contributed by atoms with Crippen LogP contribution in [0.3, 0.4) is 0 Å². The number of ether oxygens (including phenoxy) is 11. The highest BCUT2D eigenvalue weighted by molar-refractivity contribution is 5.69. The Morgan fingerprint density at radius 2 is 1.19 bits per heavy atom. The van der Waals surface area contributed by atoms with E-state index in [1.165, 1.54) is 7.11 Å². The van der Waals surface area contributed by atoms with E-state index in [0.717, 1.165) is 45.7 Å². The Morgan fingerprint density at radius 3 is 1.70 bits per heavy atom. The Morgan fingerprint density at radius 1 is 0.660 bits per heavy atom. The fraction of sp³-hybridized carbons (Fsp3) is 0.541. The summed E-state index contributed by atoms with van der Waals surface area (Å²) in [4.78, 5) is 61.6. The van der Waals surface area contributed by atoms with Crippen molar-refractivity contribution >= 4 is 29.8 Å². The molecule has 2 aromatic rings. The highest BCUT2D eigenvalue weighted by Gasteiger charge is 2.55. The molecule has 0 N–H and O–H groups in total. The lowest BCUT2D eigenvalue weighted by atomic mass is 9.96. The van der Waals surface area contributed by atoms with Gasteiger partial charge in [-0.05, 0) is 11.1 Å². The van der Waals surface area contributed by atoms with Crippen molar-refractivity contribution < 1.29 is 76.1 Å². The van der Waals surface area contributed by atoms with Crippen molar-refractivity contribution in [3.05, 3.63) is 71.8 Å². The van der Waals surface area contributed by atoms with Crippen LogP contribution in [0.1, 0.15) is 45.7 Å². The van der Waals surface area contributed by atoms with Gasteiger partial charge in [-0.15, -0.1) is 0 Å². The van der Waals surface area contributed by atoms with E-state index in [1.807, 2.05) is 60.7 Å². The molecule has 4 rings (SSSR count). The zero-order valence-corrected chi connectivity index (χ0v) is 30.4. The Balaban J connectivity index is 1.73. The minimum Gasteiger partial charge on any atom is -0.462 e. The Kier molecular flexibility index (Phi) is 15.7. The van der Waals surface area contributed by atoms with Crippen molar-refractivity contribution in [2.45, 2.75) is 109 Å². The summed E-state index contributed by atoms with van der Waals surface area (Å²) < 4.78 is 64.7. The summed E-state index contributed by atoms with van der Waals surface area (Å²) in [6.45, 7) is 4.95. The number of rotatable bonds is 17. The molecule has 53 heavy (non-hydrogen) atoms. The van der Waals surface area contributed by atoms with E-state index in [1.54, 1.807) is 0 Å². The molecule has 0 amide bonds. The van der Waals surface area contributed by atoms with Crippen molar-refractivity contribution in [1.29, 1.82) is 0 Å². The Bertz CT molecular complexity index is 1500. The van der Waals surface area contributed by atoms with Crippen LogP contribution >= 0.6 is 0 Å². The lowest BCUT2D eigenvalue weighted by molar-refractivity contribution is -0.380. The van der Waals surface area contributed by atoms with Crippen molar-refractivity contribution in [2.24, 2.45) is 0 Å². The van der Waals surface area contributed by atoms with E-state index in [-0.39, 0.29) is 19.8 Å². The first kappa shape index (κ1) is 41.3. The normalized spacial score (nSPS) is 24.6. The van der Waals surface area contributed by atoms with Gasteiger partial charge in [0.15, 0.2) is 37.0 Å². The summed E-state index contributed by atoms with van der Waals surface area (Å²) in [5.74, 6) is -4.23. The van der Waals surface area contributed by atoms with Gasteiger partial charge in [0.1, 0.15) is 31.0 Å².